The van der Waals surface area contributed by atoms with Crippen molar-refractivity contribution in [1.82, 2.24) is 4.98 Å². The highest BCUT2D eigenvalue weighted by atomic mass is 16.5. The minimum Gasteiger partial charge on any atom is -0.497 e. The summed E-state index contributed by atoms with van der Waals surface area (Å²) in [5.74, 6) is 0.816. The van der Waals surface area contributed by atoms with Gasteiger partial charge >= 0.3 is 0 Å². The molecule has 0 radical (unpaired) electrons. The molecule has 0 aliphatic heterocycles. The van der Waals surface area contributed by atoms with Gasteiger partial charge in [0.15, 0.2) is 0 Å². The Morgan fingerprint density at radius 1 is 1.05 bits per heavy atom. The average molecular weight is 276 g/mol. The van der Waals surface area contributed by atoms with Crippen molar-refractivity contribution >= 4 is 16.6 Å². The zero-order chi connectivity index (χ0) is 14.7. The molecule has 5 nitrogen and oxygen atoms in total. The molecule has 0 fully saturated rings. The topological polar surface area (TPSA) is 70.9 Å². The summed E-state index contributed by atoms with van der Waals surface area (Å²) in [6.45, 7) is 0. The lowest BCUT2D eigenvalue weighted by atomic mass is 10.1. The van der Waals surface area contributed by atoms with Crippen LogP contribution in [0.25, 0.3) is 32.6 Å². The minimum atomic E-state index is 0.590. The maximum absolute atomic E-state index is 8.40. The predicted octanol–water partition coefficient (Wildman–Crippen LogP) is 4.85. The number of aromatic nitrogens is 1. The maximum Gasteiger partial charge on any atom is 0.119 e. The first-order chi connectivity index (χ1) is 10.3. The summed E-state index contributed by atoms with van der Waals surface area (Å²) in [7, 11) is 1.65. The van der Waals surface area contributed by atoms with E-state index in [0.717, 1.165) is 27.9 Å². The molecule has 0 aliphatic carbocycles. The Bertz CT molecular complexity index is 837. The minimum absolute atomic E-state index is 0.590. The largest absolute Gasteiger partial charge is 0.497 e. The molecule has 0 bridgehead atoms. The van der Waals surface area contributed by atoms with E-state index in [-0.39, 0.29) is 0 Å². The normalized spacial score (nSPS) is 10.1. The van der Waals surface area contributed by atoms with Crippen LogP contribution in [0.4, 0.5) is 5.69 Å². The molecule has 3 aromatic rings. The SMILES string of the molecule is COc1ccc2nc(-c3ccc(N=[N+]=[N-])cc3)ccc2c1. The second kappa shape index (κ2) is 5.53. The summed E-state index contributed by atoms with van der Waals surface area (Å²) < 4.78 is 5.21. The summed E-state index contributed by atoms with van der Waals surface area (Å²) in [5, 5.41) is 4.59. The van der Waals surface area contributed by atoms with Crippen LogP contribution in [0.2, 0.25) is 0 Å². The second-order valence-corrected chi connectivity index (χ2v) is 4.49. The highest BCUT2D eigenvalue weighted by Gasteiger charge is 2.03. The van der Waals surface area contributed by atoms with Crippen molar-refractivity contribution in [3.63, 3.8) is 0 Å². The molecule has 0 saturated carbocycles. The van der Waals surface area contributed by atoms with E-state index in [2.05, 4.69) is 15.0 Å². The van der Waals surface area contributed by atoms with Crippen LogP contribution in [0.3, 0.4) is 0 Å². The molecular formula is C16H12N4O. The van der Waals surface area contributed by atoms with Crippen molar-refractivity contribution in [1.29, 1.82) is 0 Å². The highest BCUT2D eigenvalue weighted by molar-refractivity contribution is 5.83. The smallest absolute Gasteiger partial charge is 0.119 e. The van der Waals surface area contributed by atoms with Crippen molar-refractivity contribution in [2.24, 2.45) is 5.11 Å². The third-order valence-electron chi connectivity index (χ3n) is 3.22. The maximum atomic E-state index is 8.40. The van der Waals surface area contributed by atoms with Gasteiger partial charge in [0.2, 0.25) is 0 Å². The predicted molar refractivity (Wildman–Crippen MR) is 82.5 cm³/mol. The summed E-state index contributed by atoms with van der Waals surface area (Å²) in [6.07, 6.45) is 0. The van der Waals surface area contributed by atoms with Gasteiger partial charge in [-0.3, -0.25) is 0 Å². The molecule has 0 unspecified atom stereocenters. The Kier molecular flexibility index (Phi) is 3.41. The molecule has 1 aromatic heterocycles. The average Bonchev–Trinajstić information content (AvgIpc) is 2.55. The number of azide groups is 1. The molecule has 3 rings (SSSR count). The van der Waals surface area contributed by atoms with E-state index in [0.29, 0.717) is 5.69 Å². The zero-order valence-electron chi connectivity index (χ0n) is 11.4. The van der Waals surface area contributed by atoms with Gasteiger partial charge in [-0.2, -0.15) is 0 Å². The van der Waals surface area contributed by atoms with Crippen LogP contribution in [0.5, 0.6) is 5.75 Å². The fourth-order valence-electron chi connectivity index (χ4n) is 2.14. The lowest BCUT2D eigenvalue weighted by molar-refractivity contribution is 0.415. The zero-order valence-corrected chi connectivity index (χ0v) is 11.4. The van der Waals surface area contributed by atoms with Crippen LogP contribution < -0.4 is 4.74 Å². The van der Waals surface area contributed by atoms with Crippen molar-refractivity contribution in [3.8, 4) is 17.0 Å². The van der Waals surface area contributed by atoms with Crippen LogP contribution in [0.1, 0.15) is 0 Å². The molecular weight excluding hydrogens is 264 g/mol. The number of hydrogen-bond donors (Lipinski definition) is 0. The summed E-state index contributed by atoms with van der Waals surface area (Å²) in [4.78, 5) is 7.40. The number of nitrogens with zero attached hydrogens (tertiary/aromatic N) is 4. The number of hydrogen-bond acceptors (Lipinski definition) is 3. The Morgan fingerprint density at radius 2 is 1.86 bits per heavy atom. The first kappa shape index (κ1) is 13.0. The van der Waals surface area contributed by atoms with E-state index >= 15 is 0 Å². The van der Waals surface area contributed by atoms with Gasteiger partial charge in [0.25, 0.3) is 0 Å². The standard InChI is InChI=1S/C16H12N4O/c1-21-14-7-9-16-12(10-14)4-8-15(18-16)11-2-5-13(6-3-11)19-20-17/h2-10H,1H3. The van der Waals surface area contributed by atoms with E-state index in [1.165, 1.54) is 0 Å². The Morgan fingerprint density at radius 3 is 2.57 bits per heavy atom. The second-order valence-electron chi connectivity index (χ2n) is 4.49. The number of rotatable bonds is 3. The van der Waals surface area contributed by atoms with Crippen LogP contribution in [-0.2, 0) is 0 Å². The van der Waals surface area contributed by atoms with Crippen molar-refractivity contribution in [3.05, 3.63) is 65.0 Å². The summed E-state index contributed by atoms with van der Waals surface area (Å²) in [6, 6.07) is 17.1. The van der Waals surface area contributed by atoms with Crippen molar-refractivity contribution < 1.29 is 4.74 Å². The molecule has 0 atom stereocenters. The highest BCUT2D eigenvalue weighted by Crippen LogP contribution is 2.25. The molecule has 0 saturated heterocycles. The van der Waals surface area contributed by atoms with Crippen LogP contribution in [0, 0.1) is 0 Å². The first-order valence-electron chi connectivity index (χ1n) is 6.40. The third-order valence-corrected chi connectivity index (χ3v) is 3.22. The van der Waals surface area contributed by atoms with Crippen LogP contribution >= 0.6 is 0 Å². The van der Waals surface area contributed by atoms with Gasteiger partial charge in [-0.05, 0) is 29.8 Å². The fraction of sp³-hybridized carbons (Fsp3) is 0.0625. The molecule has 0 aliphatic rings. The lowest BCUT2D eigenvalue weighted by Gasteiger charge is -2.05. The summed E-state index contributed by atoms with van der Waals surface area (Å²) >= 11 is 0. The van der Waals surface area contributed by atoms with Crippen molar-refractivity contribution in [2.75, 3.05) is 7.11 Å². The third kappa shape index (κ3) is 2.63. The number of pyridine rings is 1. The van der Waals surface area contributed by atoms with Gasteiger partial charge in [-0.25, -0.2) is 4.98 Å². The van der Waals surface area contributed by atoms with Crippen molar-refractivity contribution in [2.45, 2.75) is 0 Å². The summed E-state index contributed by atoms with van der Waals surface area (Å²) in [5.41, 5.74) is 11.8. The van der Waals surface area contributed by atoms with Gasteiger partial charge in [-0.1, -0.05) is 35.4 Å². The monoisotopic (exact) mass is 276 g/mol. The van der Waals surface area contributed by atoms with E-state index < -0.39 is 0 Å². The Hall–Kier alpha value is -3.04. The van der Waals surface area contributed by atoms with Gasteiger partial charge in [0.05, 0.1) is 18.3 Å². The Labute approximate surface area is 121 Å². The molecule has 21 heavy (non-hydrogen) atoms. The lowest BCUT2D eigenvalue weighted by Crippen LogP contribution is -1.87. The van der Waals surface area contributed by atoms with Gasteiger partial charge in [0.1, 0.15) is 5.75 Å². The molecule has 0 spiro atoms. The van der Waals surface area contributed by atoms with E-state index in [4.69, 9.17) is 10.3 Å². The molecule has 2 aromatic carbocycles. The quantitative estimate of drug-likeness (QED) is 0.389. The van der Waals surface area contributed by atoms with Gasteiger partial charge in [0, 0.05) is 21.5 Å². The number of ether oxygens (including phenoxy) is 1. The van der Waals surface area contributed by atoms with Crippen LogP contribution in [0.15, 0.2) is 59.7 Å². The first-order valence-corrected chi connectivity index (χ1v) is 6.40. The van der Waals surface area contributed by atoms with E-state index in [1.807, 2.05) is 42.5 Å². The Balaban J connectivity index is 2.02. The molecule has 102 valence electrons. The molecule has 1 heterocycles. The van der Waals surface area contributed by atoms with Gasteiger partial charge < -0.3 is 4.74 Å². The molecule has 0 N–H and O–H groups in total. The van der Waals surface area contributed by atoms with Crippen LogP contribution in [-0.4, -0.2) is 12.1 Å². The fourth-order valence-corrected chi connectivity index (χ4v) is 2.14. The van der Waals surface area contributed by atoms with Gasteiger partial charge in [-0.15, -0.1) is 0 Å². The number of fused-ring (bicyclic) bond motifs is 1. The number of benzene rings is 2. The molecule has 0 amide bonds. The van der Waals surface area contributed by atoms with E-state index in [1.54, 1.807) is 19.2 Å². The van der Waals surface area contributed by atoms with E-state index in [9.17, 15) is 0 Å². The number of methoxy groups -OCH3 is 1. The molecule has 5 heteroatoms.